The minimum Gasteiger partial charge on any atom is -0.404 e. The first kappa shape index (κ1) is 12.0. The van der Waals surface area contributed by atoms with E-state index in [0.717, 1.165) is 18.8 Å². The first-order valence-corrected chi connectivity index (χ1v) is 6.98. The Hall–Kier alpha value is -0.0551. The molecule has 1 aliphatic heterocycles. The fourth-order valence-electron chi connectivity index (χ4n) is 4.27. The van der Waals surface area contributed by atoms with Crippen molar-refractivity contribution in [3.63, 3.8) is 0 Å². The summed E-state index contributed by atoms with van der Waals surface area (Å²) in [5.41, 5.74) is 6.38. The summed E-state index contributed by atoms with van der Waals surface area (Å²) in [6.07, 6.45) is 3.62. The standard InChI is InChI=1S/C13H24BNO2/c1-5-11(15)14-16-10-7-8-6-9(12(8,2)3)13(10,4)17-14/h8-11H,5-7,15H2,1-4H3. The van der Waals surface area contributed by atoms with E-state index in [4.69, 9.17) is 15.0 Å². The first-order valence-electron chi connectivity index (χ1n) is 6.98. The van der Waals surface area contributed by atoms with E-state index in [1.807, 2.05) is 0 Å². The van der Waals surface area contributed by atoms with Crippen molar-refractivity contribution in [3.05, 3.63) is 0 Å². The normalized spacial score (nSPS) is 48.5. The highest BCUT2D eigenvalue weighted by atomic mass is 16.7. The second-order valence-corrected chi connectivity index (χ2v) is 6.91. The van der Waals surface area contributed by atoms with Gasteiger partial charge < -0.3 is 15.0 Å². The van der Waals surface area contributed by atoms with E-state index in [-0.39, 0.29) is 24.8 Å². The van der Waals surface area contributed by atoms with Crippen molar-refractivity contribution in [3.8, 4) is 0 Å². The van der Waals surface area contributed by atoms with Gasteiger partial charge in [0.1, 0.15) is 0 Å². The summed E-state index contributed by atoms with van der Waals surface area (Å²) in [6, 6.07) is 0. The van der Waals surface area contributed by atoms with Crippen LogP contribution in [0.15, 0.2) is 0 Å². The Bertz CT molecular complexity index is 335. The van der Waals surface area contributed by atoms with Gasteiger partial charge in [0.05, 0.1) is 11.7 Å². The lowest BCUT2D eigenvalue weighted by molar-refractivity contribution is -0.199. The lowest BCUT2D eigenvalue weighted by atomic mass is 9.43. The van der Waals surface area contributed by atoms with Gasteiger partial charge in [-0.15, -0.1) is 0 Å². The predicted octanol–water partition coefficient (Wildman–Crippen LogP) is 1.99. The van der Waals surface area contributed by atoms with Crippen LogP contribution in [0.25, 0.3) is 0 Å². The topological polar surface area (TPSA) is 44.5 Å². The molecule has 17 heavy (non-hydrogen) atoms. The summed E-state index contributed by atoms with van der Waals surface area (Å²) >= 11 is 0. The van der Waals surface area contributed by atoms with Gasteiger partial charge in [-0.05, 0) is 43.4 Å². The van der Waals surface area contributed by atoms with Gasteiger partial charge in [0.25, 0.3) is 0 Å². The highest BCUT2D eigenvalue weighted by Crippen LogP contribution is 2.65. The van der Waals surface area contributed by atoms with E-state index in [1.54, 1.807) is 0 Å². The van der Waals surface area contributed by atoms with Gasteiger partial charge in [0, 0.05) is 5.94 Å². The molecule has 5 atom stereocenters. The minimum absolute atomic E-state index is 0.0118. The predicted molar refractivity (Wildman–Crippen MR) is 68.4 cm³/mol. The average molecular weight is 237 g/mol. The number of hydrogen-bond donors (Lipinski definition) is 1. The minimum atomic E-state index is -0.190. The molecule has 1 saturated heterocycles. The zero-order valence-corrected chi connectivity index (χ0v) is 11.4. The molecule has 0 aromatic rings. The Balaban J connectivity index is 1.82. The van der Waals surface area contributed by atoms with Crippen LogP contribution in [-0.2, 0) is 9.31 Å². The molecule has 4 fully saturated rings. The molecule has 0 aromatic heterocycles. The summed E-state index contributed by atoms with van der Waals surface area (Å²) < 4.78 is 12.3. The molecule has 0 radical (unpaired) electrons. The summed E-state index contributed by atoms with van der Waals surface area (Å²) in [7, 11) is -0.190. The van der Waals surface area contributed by atoms with Gasteiger partial charge in [-0.1, -0.05) is 20.8 Å². The molecule has 1 heterocycles. The molecular formula is C13H24BNO2. The molecule has 0 aromatic carbocycles. The summed E-state index contributed by atoms with van der Waals surface area (Å²) in [4.78, 5) is 0. The van der Waals surface area contributed by atoms with Gasteiger partial charge in [-0.2, -0.15) is 0 Å². The third kappa shape index (κ3) is 1.41. The highest BCUT2D eigenvalue weighted by Gasteiger charge is 2.68. The van der Waals surface area contributed by atoms with Gasteiger partial charge in [0.2, 0.25) is 0 Å². The third-order valence-corrected chi connectivity index (χ3v) is 5.79. The highest BCUT2D eigenvalue weighted by molar-refractivity contribution is 6.47. The number of hydrogen-bond acceptors (Lipinski definition) is 3. The Morgan fingerprint density at radius 2 is 2.06 bits per heavy atom. The smallest absolute Gasteiger partial charge is 0.404 e. The zero-order chi connectivity index (χ0) is 12.4. The molecule has 5 unspecified atom stereocenters. The SMILES string of the molecule is CCC(N)B1OC2CC3CC(C3(C)C)C2(C)O1. The van der Waals surface area contributed by atoms with Crippen LogP contribution < -0.4 is 5.73 Å². The third-order valence-electron chi connectivity index (χ3n) is 5.79. The van der Waals surface area contributed by atoms with Crippen molar-refractivity contribution in [1.29, 1.82) is 0 Å². The average Bonchev–Trinajstić information content (AvgIpc) is 2.64. The Morgan fingerprint density at radius 1 is 1.35 bits per heavy atom. The molecule has 2 N–H and O–H groups in total. The molecule has 96 valence electrons. The molecule has 2 bridgehead atoms. The number of nitrogens with two attached hydrogens (primary N) is 1. The van der Waals surface area contributed by atoms with Gasteiger partial charge in [-0.3, -0.25) is 0 Å². The van der Waals surface area contributed by atoms with Crippen LogP contribution in [0, 0.1) is 17.3 Å². The van der Waals surface area contributed by atoms with E-state index < -0.39 is 0 Å². The molecule has 0 amide bonds. The van der Waals surface area contributed by atoms with Crippen LogP contribution in [0.3, 0.4) is 0 Å². The van der Waals surface area contributed by atoms with Crippen molar-refractivity contribution < 1.29 is 9.31 Å². The van der Waals surface area contributed by atoms with Crippen LogP contribution in [-0.4, -0.2) is 24.8 Å². The molecule has 4 heteroatoms. The van der Waals surface area contributed by atoms with Crippen LogP contribution in [0.5, 0.6) is 0 Å². The van der Waals surface area contributed by atoms with E-state index in [1.165, 1.54) is 6.42 Å². The van der Waals surface area contributed by atoms with Crippen LogP contribution in [0.1, 0.15) is 47.0 Å². The van der Waals surface area contributed by atoms with Crippen LogP contribution in [0.4, 0.5) is 0 Å². The van der Waals surface area contributed by atoms with Crippen LogP contribution >= 0.6 is 0 Å². The summed E-state index contributed by atoms with van der Waals surface area (Å²) in [6.45, 7) is 9.08. The van der Waals surface area contributed by atoms with E-state index in [9.17, 15) is 0 Å². The molecule has 0 spiro atoms. The Kier molecular flexibility index (Phi) is 2.46. The van der Waals surface area contributed by atoms with Gasteiger partial charge in [-0.25, -0.2) is 0 Å². The largest absolute Gasteiger partial charge is 0.475 e. The van der Waals surface area contributed by atoms with Crippen molar-refractivity contribution in [2.75, 3.05) is 0 Å². The molecule has 3 nitrogen and oxygen atoms in total. The summed E-state index contributed by atoms with van der Waals surface area (Å²) in [5.74, 6) is 1.45. The Labute approximate surface area is 105 Å². The Morgan fingerprint density at radius 3 is 2.65 bits per heavy atom. The molecular weight excluding hydrogens is 213 g/mol. The second kappa shape index (κ2) is 3.49. The maximum atomic E-state index is 6.24. The van der Waals surface area contributed by atoms with Crippen molar-refractivity contribution in [2.24, 2.45) is 23.0 Å². The fourth-order valence-corrected chi connectivity index (χ4v) is 4.27. The van der Waals surface area contributed by atoms with Crippen LogP contribution in [0.2, 0.25) is 0 Å². The number of rotatable bonds is 2. The van der Waals surface area contributed by atoms with Crippen molar-refractivity contribution in [2.45, 2.75) is 64.6 Å². The quantitative estimate of drug-likeness (QED) is 0.747. The monoisotopic (exact) mass is 237 g/mol. The summed E-state index contributed by atoms with van der Waals surface area (Å²) in [5, 5.41) is 0. The van der Waals surface area contributed by atoms with E-state index >= 15 is 0 Å². The zero-order valence-electron chi connectivity index (χ0n) is 11.4. The molecule has 4 rings (SSSR count). The van der Waals surface area contributed by atoms with Gasteiger partial charge >= 0.3 is 7.12 Å². The van der Waals surface area contributed by atoms with Crippen molar-refractivity contribution >= 4 is 7.12 Å². The fraction of sp³-hybridized carbons (Fsp3) is 1.00. The van der Waals surface area contributed by atoms with E-state index in [0.29, 0.717) is 11.3 Å². The van der Waals surface area contributed by atoms with Gasteiger partial charge in [0.15, 0.2) is 0 Å². The first-order chi connectivity index (χ1) is 7.89. The lowest BCUT2D eigenvalue weighted by Crippen LogP contribution is -2.65. The maximum absolute atomic E-state index is 6.24. The lowest BCUT2D eigenvalue weighted by Gasteiger charge is -2.64. The molecule has 4 aliphatic rings. The molecule has 3 aliphatic carbocycles. The second-order valence-electron chi connectivity index (χ2n) is 6.91. The van der Waals surface area contributed by atoms with E-state index in [2.05, 4.69) is 27.7 Å². The molecule has 3 saturated carbocycles. The van der Waals surface area contributed by atoms with Crippen molar-refractivity contribution in [1.82, 2.24) is 0 Å². The maximum Gasteiger partial charge on any atom is 0.475 e.